The number of hydrogen-bond donors (Lipinski definition) is 2. The molecule has 1 aliphatic rings. The van der Waals surface area contributed by atoms with Gasteiger partial charge in [0.25, 0.3) is 0 Å². The molecule has 0 aliphatic heterocycles. The van der Waals surface area contributed by atoms with E-state index >= 15 is 0 Å². The Labute approximate surface area is 154 Å². The van der Waals surface area contributed by atoms with Crippen molar-refractivity contribution in [3.8, 4) is 5.75 Å². The van der Waals surface area contributed by atoms with Crippen LogP contribution in [-0.2, 0) is 24.2 Å². The van der Waals surface area contributed by atoms with Gasteiger partial charge in [-0.25, -0.2) is 0 Å². The van der Waals surface area contributed by atoms with Crippen LogP contribution in [0.5, 0.6) is 5.75 Å². The molecule has 0 saturated heterocycles. The highest BCUT2D eigenvalue weighted by molar-refractivity contribution is 5.84. The van der Waals surface area contributed by atoms with Crippen molar-refractivity contribution in [1.82, 2.24) is 15.1 Å². The van der Waals surface area contributed by atoms with Gasteiger partial charge in [-0.3, -0.25) is 9.89 Å². The molecule has 1 atom stereocenters. The van der Waals surface area contributed by atoms with E-state index in [-0.39, 0.29) is 11.9 Å². The number of anilines is 1. The van der Waals surface area contributed by atoms with Gasteiger partial charge in [0.15, 0.2) is 0 Å². The van der Waals surface area contributed by atoms with Gasteiger partial charge in [0.05, 0.1) is 19.3 Å². The molecule has 6 heteroatoms. The van der Waals surface area contributed by atoms with Crippen LogP contribution < -0.4 is 10.1 Å². The number of aryl methyl sites for hydroxylation is 1. The third-order valence-corrected chi connectivity index (χ3v) is 5.02. The third kappa shape index (κ3) is 4.00. The quantitative estimate of drug-likeness (QED) is 0.799. The number of carbonyl (C=O) groups excluding carboxylic acids is 1. The number of fused-ring (bicyclic) bond motifs is 1. The zero-order valence-electron chi connectivity index (χ0n) is 15.8. The highest BCUT2D eigenvalue weighted by atomic mass is 16.5. The van der Waals surface area contributed by atoms with Gasteiger partial charge >= 0.3 is 0 Å². The van der Waals surface area contributed by atoms with Crippen molar-refractivity contribution >= 4 is 11.6 Å². The lowest BCUT2D eigenvalue weighted by Crippen LogP contribution is -2.40. The number of H-pyrrole nitrogens is 1. The number of nitrogens with zero attached hydrogens (tertiary/aromatic N) is 2. The van der Waals surface area contributed by atoms with Gasteiger partial charge in [0, 0.05) is 24.5 Å². The van der Waals surface area contributed by atoms with E-state index in [4.69, 9.17) is 4.74 Å². The largest absolute Gasteiger partial charge is 0.497 e. The number of rotatable bonds is 7. The van der Waals surface area contributed by atoms with Crippen molar-refractivity contribution in [3.63, 3.8) is 0 Å². The average Bonchev–Trinajstić information content (AvgIpc) is 3.08. The Morgan fingerprint density at radius 1 is 1.38 bits per heavy atom. The number of aromatic nitrogens is 2. The molecule has 0 radical (unpaired) electrons. The van der Waals surface area contributed by atoms with E-state index in [2.05, 4.69) is 15.5 Å². The molecule has 1 aliphatic carbocycles. The van der Waals surface area contributed by atoms with Crippen LogP contribution in [0, 0.1) is 0 Å². The topological polar surface area (TPSA) is 70.2 Å². The number of ether oxygens (including phenoxy) is 1. The summed E-state index contributed by atoms with van der Waals surface area (Å²) in [7, 11) is 3.49. The summed E-state index contributed by atoms with van der Waals surface area (Å²) in [5, 5.41) is 10.9. The monoisotopic (exact) mass is 356 g/mol. The molecule has 0 fully saturated rings. The van der Waals surface area contributed by atoms with Crippen molar-refractivity contribution in [2.24, 2.45) is 0 Å². The van der Waals surface area contributed by atoms with Crippen LogP contribution in [0.3, 0.4) is 0 Å². The molecule has 2 aromatic rings. The highest BCUT2D eigenvalue weighted by Gasteiger charge is 2.23. The van der Waals surface area contributed by atoms with E-state index in [1.54, 1.807) is 12.0 Å². The minimum absolute atomic E-state index is 0.0721. The zero-order valence-corrected chi connectivity index (χ0v) is 15.8. The van der Waals surface area contributed by atoms with Gasteiger partial charge in [-0.15, -0.1) is 0 Å². The van der Waals surface area contributed by atoms with E-state index in [0.717, 1.165) is 30.0 Å². The molecule has 3 rings (SSSR count). The highest BCUT2D eigenvalue weighted by Crippen LogP contribution is 2.23. The molecule has 6 nitrogen and oxygen atoms in total. The van der Waals surface area contributed by atoms with E-state index in [1.165, 1.54) is 24.1 Å². The van der Waals surface area contributed by atoms with Crippen molar-refractivity contribution in [3.05, 3.63) is 41.2 Å². The molecule has 1 unspecified atom stereocenters. The van der Waals surface area contributed by atoms with Crippen LogP contribution in [0.2, 0.25) is 0 Å². The van der Waals surface area contributed by atoms with Crippen LogP contribution in [0.1, 0.15) is 43.1 Å². The number of likely N-dealkylation sites (N-methyl/N-ethyl adjacent to an activating group) is 1. The molecule has 1 heterocycles. The number of nitrogens with one attached hydrogen (secondary N) is 2. The van der Waals surface area contributed by atoms with E-state index in [1.807, 2.05) is 38.2 Å². The molecule has 0 spiro atoms. The summed E-state index contributed by atoms with van der Waals surface area (Å²) in [6.45, 7) is 2.56. The molecule has 140 valence electrons. The summed E-state index contributed by atoms with van der Waals surface area (Å²) in [6.07, 6.45) is 5.24. The first-order valence-electron chi connectivity index (χ1n) is 9.33. The zero-order chi connectivity index (χ0) is 18.5. The fourth-order valence-electron chi connectivity index (χ4n) is 3.50. The second-order valence-electron chi connectivity index (χ2n) is 6.87. The lowest BCUT2D eigenvalue weighted by Gasteiger charge is -2.24. The van der Waals surface area contributed by atoms with Crippen LogP contribution in [0.4, 0.5) is 5.69 Å². The summed E-state index contributed by atoms with van der Waals surface area (Å²) in [4.78, 5) is 14.7. The molecule has 0 saturated carbocycles. The molecule has 26 heavy (non-hydrogen) atoms. The normalized spacial score (nSPS) is 14.4. The number of hydrogen-bond acceptors (Lipinski definition) is 4. The maximum absolute atomic E-state index is 12.9. The second-order valence-corrected chi connectivity index (χ2v) is 6.87. The van der Waals surface area contributed by atoms with Crippen molar-refractivity contribution < 1.29 is 9.53 Å². The maximum Gasteiger partial charge on any atom is 0.245 e. The fourth-order valence-corrected chi connectivity index (χ4v) is 3.50. The van der Waals surface area contributed by atoms with Crippen LogP contribution >= 0.6 is 0 Å². The first kappa shape index (κ1) is 18.3. The van der Waals surface area contributed by atoms with Crippen LogP contribution in [-0.4, -0.2) is 41.2 Å². The van der Waals surface area contributed by atoms with Gasteiger partial charge < -0.3 is 15.0 Å². The molecular formula is C20H28N4O2. The predicted molar refractivity (Wildman–Crippen MR) is 102 cm³/mol. The number of amides is 1. The van der Waals surface area contributed by atoms with Gasteiger partial charge in [0.1, 0.15) is 11.8 Å². The Morgan fingerprint density at radius 2 is 2.19 bits per heavy atom. The molecule has 1 aromatic heterocycles. The number of benzene rings is 1. The summed E-state index contributed by atoms with van der Waals surface area (Å²) in [6, 6.07) is 7.38. The average molecular weight is 356 g/mol. The molecule has 1 aromatic carbocycles. The Bertz CT molecular complexity index is 756. The van der Waals surface area contributed by atoms with Crippen molar-refractivity contribution in [1.29, 1.82) is 0 Å². The van der Waals surface area contributed by atoms with Gasteiger partial charge in [-0.2, -0.15) is 5.10 Å². The molecular weight excluding hydrogens is 328 g/mol. The smallest absolute Gasteiger partial charge is 0.245 e. The minimum atomic E-state index is -0.276. The summed E-state index contributed by atoms with van der Waals surface area (Å²) >= 11 is 0. The third-order valence-electron chi connectivity index (χ3n) is 5.02. The van der Waals surface area contributed by atoms with Crippen molar-refractivity contribution in [2.75, 3.05) is 19.5 Å². The molecule has 1 amide bonds. The molecule has 2 N–H and O–H groups in total. The Balaban J connectivity index is 1.66. The first-order chi connectivity index (χ1) is 12.6. The Morgan fingerprint density at radius 3 is 2.96 bits per heavy atom. The summed E-state index contributed by atoms with van der Waals surface area (Å²) in [5.41, 5.74) is 4.44. The van der Waals surface area contributed by atoms with Gasteiger partial charge in [-0.05, 0) is 49.8 Å². The van der Waals surface area contributed by atoms with Gasteiger partial charge in [-0.1, -0.05) is 13.0 Å². The van der Waals surface area contributed by atoms with Crippen LogP contribution in [0.25, 0.3) is 0 Å². The second kappa shape index (κ2) is 8.25. The lowest BCUT2D eigenvalue weighted by molar-refractivity contribution is -0.131. The minimum Gasteiger partial charge on any atom is -0.497 e. The standard InChI is InChI=1S/C20H28N4O2/c1-4-17(21-14-8-7-9-15(12-14)26-3)20(25)24(2)13-19-16-10-5-6-11-18(16)22-23-19/h7-9,12,17,21H,4-6,10-11,13H2,1-3H3,(H,22,23). The first-order valence-corrected chi connectivity index (χ1v) is 9.33. The summed E-state index contributed by atoms with van der Waals surface area (Å²) in [5.74, 6) is 0.844. The van der Waals surface area contributed by atoms with Gasteiger partial charge in [0.2, 0.25) is 5.91 Å². The predicted octanol–water partition coefficient (Wildman–Crippen LogP) is 3.15. The maximum atomic E-state index is 12.9. The van der Waals surface area contributed by atoms with E-state index in [0.29, 0.717) is 13.0 Å². The Kier molecular flexibility index (Phi) is 5.81. The Hall–Kier alpha value is -2.50. The van der Waals surface area contributed by atoms with E-state index in [9.17, 15) is 4.79 Å². The van der Waals surface area contributed by atoms with Crippen LogP contribution in [0.15, 0.2) is 24.3 Å². The SMILES string of the molecule is CCC(Nc1cccc(OC)c1)C(=O)N(C)Cc1n[nH]c2c1CCCC2. The fraction of sp³-hybridized carbons (Fsp3) is 0.500. The number of carbonyl (C=O) groups is 1. The van der Waals surface area contributed by atoms with Crippen molar-refractivity contribution in [2.45, 2.75) is 51.6 Å². The van der Waals surface area contributed by atoms with E-state index < -0.39 is 0 Å². The molecule has 0 bridgehead atoms. The summed E-state index contributed by atoms with van der Waals surface area (Å²) < 4.78 is 5.25. The lowest BCUT2D eigenvalue weighted by atomic mass is 9.96. The number of methoxy groups -OCH3 is 1. The number of aromatic amines is 1.